The van der Waals surface area contributed by atoms with Crippen LogP contribution in [0.15, 0.2) is 48.5 Å². The molecule has 0 saturated carbocycles. The molecule has 2 atom stereocenters. The van der Waals surface area contributed by atoms with Crippen molar-refractivity contribution in [1.82, 2.24) is 5.32 Å². The molecule has 0 amide bonds. The summed E-state index contributed by atoms with van der Waals surface area (Å²) in [4.78, 5) is 0. The van der Waals surface area contributed by atoms with Crippen LogP contribution in [0.25, 0.3) is 0 Å². The highest BCUT2D eigenvalue weighted by Crippen LogP contribution is 2.33. The summed E-state index contributed by atoms with van der Waals surface area (Å²) in [5, 5.41) is 3.39. The molecule has 4 nitrogen and oxygen atoms in total. The van der Waals surface area contributed by atoms with Gasteiger partial charge in [-0.3, -0.25) is 0 Å². The molecule has 1 N–H and O–H groups in total. The van der Waals surface area contributed by atoms with Crippen molar-refractivity contribution in [3.8, 4) is 11.5 Å². The standard InChI is InChI=1S/C20H25NO3/c1-3-22-17-6-4-5-7-18(17)24-20(19-14-21-12-13-23-19)16-10-8-15(2)9-11-16/h4-11,19-21H,3,12-14H2,1-2H3/t19-,20-/m0/s1. The summed E-state index contributed by atoms with van der Waals surface area (Å²) in [5.74, 6) is 1.51. The van der Waals surface area contributed by atoms with Gasteiger partial charge in [0.2, 0.25) is 0 Å². The van der Waals surface area contributed by atoms with Crippen molar-refractivity contribution in [3.63, 3.8) is 0 Å². The second-order valence-corrected chi connectivity index (χ2v) is 5.94. The highest BCUT2D eigenvalue weighted by atomic mass is 16.6. The van der Waals surface area contributed by atoms with Gasteiger partial charge >= 0.3 is 0 Å². The monoisotopic (exact) mass is 327 g/mol. The topological polar surface area (TPSA) is 39.7 Å². The minimum Gasteiger partial charge on any atom is -0.490 e. The molecule has 1 aliphatic heterocycles. The second-order valence-electron chi connectivity index (χ2n) is 5.94. The average molecular weight is 327 g/mol. The lowest BCUT2D eigenvalue weighted by Gasteiger charge is -2.32. The largest absolute Gasteiger partial charge is 0.490 e. The van der Waals surface area contributed by atoms with Crippen molar-refractivity contribution >= 4 is 0 Å². The Morgan fingerprint density at radius 1 is 1.12 bits per heavy atom. The zero-order chi connectivity index (χ0) is 16.8. The number of hydrogen-bond acceptors (Lipinski definition) is 4. The molecule has 2 aromatic rings. The molecule has 1 saturated heterocycles. The smallest absolute Gasteiger partial charge is 0.162 e. The molecule has 0 radical (unpaired) electrons. The first-order valence-corrected chi connectivity index (χ1v) is 8.55. The number of nitrogens with one attached hydrogen (secondary N) is 1. The Hall–Kier alpha value is -2.04. The van der Waals surface area contributed by atoms with Crippen molar-refractivity contribution < 1.29 is 14.2 Å². The van der Waals surface area contributed by atoms with Gasteiger partial charge < -0.3 is 19.5 Å². The van der Waals surface area contributed by atoms with Crippen LogP contribution in [-0.4, -0.2) is 32.4 Å². The van der Waals surface area contributed by atoms with Crippen LogP contribution < -0.4 is 14.8 Å². The fourth-order valence-electron chi connectivity index (χ4n) is 2.85. The van der Waals surface area contributed by atoms with E-state index in [0.717, 1.165) is 30.2 Å². The number of rotatable bonds is 6. The Bertz CT molecular complexity index is 636. The minimum absolute atomic E-state index is 0.0314. The van der Waals surface area contributed by atoms with Crippen LogP contribution in [0.2, 0.25) is 0 Å². The summed E-state index contributed by atoms with van der Waals surface area (Å²) in [5.41, 5.74) is 2.34. The molecular formula is C20H25NO3. The van der Waals surface area contributed by atoms with Crippen LogP contribution in [0.1, 0.15) is 24.2 Å². The van der Waals surface area contributed by atoms with Gasteiger partial charge in [0, 0.05) is 13.1 Å². The first kappa shape index (κ1) is 16.8. The Morgan fingerprint density at radius 3 is 2.54 bits per heavy atom. The Balaban J connectivity index is 1.88. The number of aryl methyl sites for hydroxylation is 1. The van der Waals surface area contributed by atoms with E-state index in [1.165, 1.54) is 5.56 Å². The van der Waals surface area contributed by atoms with Crippen LogP contribution in [0, 0.1) is 6.92 Å². The van der Waals surface area contributed by atoms with E-state index in [0.29, 0.717) is 13.2 Å². The van der Waals surface area contributed by atoms with E-state index < -0.39 is 0 Å². The third-order valence-corrected chi connectivity index (χ3v) is 4.10. The summed E-state index contributed by atoms with van der Waals surface area (Å²) in [6, 6.07) is 16.2. The Morgan fingerprint density at radius 2 is 1.88 bits per heavy atom. The van der Waals surface area contributed by atoms with Gasteiger partial charge in [-0.2, -0.15) is 0 Å². The quantitative estimate of drug-likeness (QED) is 0.881. The zero-order valence-corrected chi connectivity index (χ0v) is 14.3. The third-order valence-electron chi connectivity index (χ3n) is 4.10. The lowest BCUT2D eigenvalue weighted by atomic mass is 10.0. The summed E-state index contributed by atoms with van der Waals surface area (Å²) in [6.45, 7) is 7.02. The molecule has 3 rings (SSSR count). The van der Waals surface area contributed by atoms with E-state index >= 15 is 0 Å². The summed E-state index contributed by atoms with van der Waals surface area (Å²) >= 11 is 0. The average Bonchev–Trinajstić information content (AvgIpc) is 2.63. The van der Waals surface area contributed by atoms with Crippen molar-refractivity contribution in [3.05, 3.63) is 59.7 Å². The molecule has 4 heteroatoms. The van der Waals surface area contributed by atoms with E-state index in [2.05, 4.69) is 36.5 Å². The summed E-state index contributed by atoms with van der Waals surface area (Å²) < 4.78 is 18.0. The fraction of sp³-hybridized carbons (Fsp3) is 0.400. The fourth-order valence-corrected chi connectivity index (χ4v) is 2.85. The molecule has 0 aliphatic carbocycles. The van der Waals surface area contributed by atoms with Crippen molar-refractivity contribution in [2.45, 2.75) is 26.1 Å². The van der Waals surface area contributed by atoms with Crippen LogP contribution in [0.5, 0.6) is 11.5 Å². The molecular weight excluding hydrogens is 302 g/mol. The number of para-hydroxylation sites is 2. The SMILES string of the molecule is CCOc1ccccc1O[C@@H](c1ccc(C)cc1)[C@@H]1CNCCO1. The van der Waals surface area contributed by atoms with Crippen LogP contribution in [-0.2, 0) is 4.74 Å². The van der Waals surface area contributed by atoms with E-state index in [4.69, 9.17) is 14.2 Å². The minimum atomic E-state index is -0.181. The molecule has 24 heavy (non-hydrogen) atoms. The van der Waals surface area contributed by atoms with Crippen LogP contribution in [0.4, 0.5) is 0 Å². The molecule has 0 unspecified atom stereocenters. The molecule has 0 bridgehead atoms. The number of benzene rings is 2. The van der Waals surface area contributed by atoms with Crippen molar-refractivity contribution in [1.29, 1.82) is 0 Å². The van der Waals surface area contributed by atoms with Gasteiger partial charge in [-0.15, -0.1) is 0 Å². The van der Waals surface area contributed by atoms with Crippen molar-refractivity contribution in [2.24, 2.45) is 0 Å². The van der Waals surface area contributed by atoms with E-state index in [-0.39, 0.29) is 12.2 Å². The normalized spacial score (nSPS) is 18.8. The summed E-state index contributed by atoms with van der Waals surface area (Å²) in [7, 11) is 0. The Labute approximate surface area is 143 Å². The number of ether oxygens (including phenoxy) is 3. The maximum absolute atomic E-state index is 6.37. The maximum Gasteiger partial charge on any atom is 0.162 e. The second kappa shape index (κ2) is 8.18. The van der Waals surface area contributed by atoms with Crippen molar-refractivity contribution in [2.75, 3.05) is 26.3 Å². The predicted octanol–water partition coefficient (Wildman–Crippen LogP) is 3.50. The lowest BCUT2D eigenvalue weighted by molar-refractivity contribution is -0.0439. The highest BCUT2D eigenvalue weighted by Gasteiger charge is 2.28. The van der Waals surface area contributed by atoms with Gasteiger partial charge in [-0.05, 0) is 31.5 Å². The molecule has 1 heterocycles. The molecule has 0 spiro atoms. The predicted molar refractivity (Wildman–Crippen MR) is 94.8 cm³/mol. The Kier molecular flexibility index (Phi) is 5.72. The first-order valence-electron chi connectivity index (χ1n) is 8.55. The molecule has 1 fully saturated rings. The summed E-state index contributed by atoms with van der Waals surface area (Å²) in [6.07, 6.45) is -0.212. The van der Waals surface area contributed by atoms with Gasteiger partial charge in [-0.1, -0.05) is 42.0 Å². The van der Waals surface area contributed by atoms with Gasteiger partial charge in [0.1, 0.15) is 6.10 Å². The number of morpholine rings is 1. The van der Waals surface area contributed by atoms with Gasteiger partial charge in [0.05, 0.1) is 13.2 Å². The van der Waals surface area contributed by atoms with E-state index in [9.17, 15) is 0 Å². The van der Waals surface area contributed by atoms with Crippen LogP contribution >= 0.6 is 0 Å². The molecule has 2 aromatic carbocycles. The van der Waals surface area contributed by atoms with Gasteiger partial charge in [-0.25, -0.2) is 0 Å². The molecule has 128 valence electrons. The lowest BCUT2D eigenvalue weighted by Crippen LogP contribution is -2.43. The molecule has 0 aromatic heterocycles. The number of hydrogen-bond donors (Lipinski definition) is 1. The maximum atomic E-state index is 6.37. The van der Waals surface area contributed by atoms with E-state index in [1.54, 1.807) is 0 Å². The molecule has 1 aliphatic rings. The van der Waals surface area contributed by atoms with E-state index in [1.807, 2.05) is 31.2 Å². The highest BCUT2D eigenvalue weighted by molar-refractivity contribution is 5.40. The van der Waals surface area contributed by atoms with Gasteiger partial charge in [0.15, 0.2) is 17.6 Å². The first-order chi connectivity index (χ1) is 11.8. The van der Waals surface area contributed by atoms with Gasteiger partial charge in [0.25, 0.3) is 0 Å². The zero-order valence-electron chi connectivity index (χ0n) is 14.3. The van der Waals surface area contributed by atoms with Crippen LogP contribution in [0.3, 0.4) is 0 Å². The third kappa shape index (κ3) is 4.08.